The van der Waals surface area contributed by atoms with Crippen molar-refractivity contribution >= 4 is 17.3 Å². The number of aromatic hydroxyl groups is 1. The van der Waals surface area contributed by atoms with Gasteiger partial charge in [-0.2, -0.15) is 0 Å². The zero-order valence-corrected chi connectivity index (χ0v) is 16.1. The molecule has 0 spiro atoms. The van der Waals surface area contributed by atoms with Gasteiger partial charge in [-0.15, -0.1) is 11.3 Å². The van der Waals surface area contributed by atoms with Crippen LogP contribution in [-0.2, 0) is 12.8 Å². The molecule has 0 aliphatic heterocycles. The first-order valence-corrected chi connectivity index (χ1v) is 9.22. The largest absolute Gasteiger partial charge is 0.508 e. The summed E-state index contributed by atoms with van der Waals surface area (Å²) in [6.07, 6.45) is 1.67. The second kappa shape index (κ2) is 9.32. The number of guanidine groups is 1. The molecular weight excluding hydrogens is 334 g/mol. The lowest BCUT2D eigenvalue weighted by molar-refractivity contribution is 0.406. The smallest absolute Gasteiger partial charge is 0.191 e. The molecule has 0 bridgehead atoms. The molecule has 3 N–H and O–H groups in total. The van der Waals surface area contributed by atoms with Crippen molar-refractivity contribution in [2.24, 2.45) is 4.99 Å². The van der Waals surface area contributed by atoms with Gasteiger partial charge in [-0.1, -0.05) is 6.07 Å². The van der Waals surface area contributed by atoms with Gasteiger partial charge in [0.15, 0.2) is 5.96 Å². The van der Waals surface area contributed by atoms with E-state index < -0.39 is 0 Å². The summed E-state index contributed by atoms with van der Waals surface area (Å²) in [5, 5.41) is 16.7. The van der Waals surface area contributed by atoms with Crippen molar-refractivity contribution in [1.82, 2.24) is 10.6 Å². The van der Waals surface area contributed by atoms with E-state index in [2.05, 4.69) is 41.6 Å². The second-order valence-corrected chi connectivity index (χ2v) is 7.38. The number of methoxy groups -OCH3 is 1. The number of thiophene rings is 1. The predicted octanol–water partition coefficient (Wildman–Crippen LogP) is 3.11. The van der Waals surface area contributed by atoms with Gasteiger partial charge in [0.1, 0.15) is 11.5 Å². The van der Waals surface area contributed by atoms with Crippen LogP contribution in [0, 0.1) is 6.92 Å². The van der Waals surface area contributed by atoms with E-state index in [1.807, 2.05) is 23.5 Å². The van der Waals surface area contributed by atoms with Gasteiger partial charge in [-0.3, -0.25) is 4.99 Å². The van der Waals surface area contributed by atoms with Crippen molar-refractivity contribution in [3.8, 4) is 11.5 Å². The van der Waals surface area contributed by atoms with Crippen LogP contribution >= 0.6 is 11.3 Å². The number of phenolic OH excluding ortho intramolecular Hbond substituents is 1. The highest BCUT2D eigenvalue weighted by Crippen LogP contribution is 2.23. The molecule has 136 valence electrons. The summed E-state index contributed by atoms with van der Waals surface area (Å²) in [5.74, 6) is 1.68. The molecule has 0 aliphatic rings. The molecule has 1 heterocycles. The molecule has 0 amide bonds. The lowest BCUT2D eigenvalue weighted by atomic mass is 10.1. The molecule has 1 aromatic carbocycles. The van der Waals surface area contributed by atoms with Gasteiger partial charge >= 0.3 is 0 Å². The van der Waals surface area contributed by atoms with E-state index in [1.54, 1.807) is 20.2 Å². The number of aliphatic imine (C=N–C) groups is 1. The molecule has 0 aliphatic carbocycles. The molecule has 2 rings (SSSR count). The summed E-state index contributed by atoms with van der Waals surface area (Å²) in [4.78, 5) is 6.98. The molecule has 0 saturated heterocycles. The summed E-state index contributed by atoms with van der Waals surface area (Å²) in [6.45, 7) is 4.96. The summed E-state index contributed by atoms with van der Waals surface area (Å²) in [6, 6.07) is 10.00. The highest BCUT2D eigenvalue weighted by molar-refractivity contribution is 7.11. The molecule has 0 saturated carbocycles. The zero-order chi connectivity index (χ0) is 18.2. The van der Waals surface area contributed by atoms with Gasteiger partial charge in [0.2, 0.25) is 0 Å². The molecule has 5 nitrogen and oxygen atoms in total. The topological polar surface area (TPSA) is 65.9 Å². The summed E-state index contributed by atoms with van der Waals surface area (Å²) in [7, 11) is 3.35. The number of ether oxygens (including phenoxy) is 1. The van der Waals surface area contributed by atoms with Crippen molar-refractivity contribution < 1.29 is 9.84 Å². The van der Waals surface area contributed by atoms with Gasteiger partial charge < -0.3 is 20.5 Å². The first-order chi connectivity index (χ1) is 12.0. The number of rotatable bonds is 7. The van der Waals surface area contributed by atoms with E-state index in [0.717, 1.165) is 17.9 Å². The van der Waals surface area contributed by atoms with Crippen LogP contribution < -0.4 is 15.4 Å². The minimum atomic E-state index is 0.255. The van der Waals surface area contributed by atoms with E-state index in [0.29, 0.717) is 24.8 Å². The number of phenols is 1. The number of hydrogen-bond donors (Lipinski definition) is 3. The average Bonchev–Trinajstić information content (AvgIpc) is 2.99. The Hall–Kier alpha value is -2.21. The van der Waals surface area contributed by atoms with Gasteiger partial charge in [-0.05, 0) is 44.0 Å². The van der Waals surface area contributed by atoms with Crippen molar-refractivity contribution in [3.63, 3.8) is 0 Å². The van der Waals surface area contributed by atoms with Crippen LogP contribution in [0.5, 0.6) is 11.5 Å². The Balaban J connectivity index is 1.80. The predicted molar refractivity (Wildman–Crippen MR) is 105 cm³/mol. The fourth-order valence-corrected chi connectivity index (χ4v) is 3.59. The SMILES string of the molecule is CN=C(NCCc1ccc(OC)cc1O)NC(C)Cc1ccc(C)s1. The highest BCUT2D eigenvalue weighted by Gasteiger charge is 2.08. The maximum atomic E-state index is 10.0. The number of aryl methyl sites for hydroxylation is 1. The Kier molecular flexibility index (Phi) is 7.13. The number of nitrogens with one attached hydrogen (secondary N) is 2. The van der Waals surface area contributed by atoms with Gasteiger partial charge in [0.25, 0.3) is 0 Å². The third-order valence-corrected chi connectivity index (χ3v) is 4.91. The lowest BCUT2D eigenvalue weighted by Crippen LogP contribution is -2.43. The van der Waals surface area contributed by atoms with Crippen molar-refractivity contribution in [2.45, 2.75) is 32.7 Å². The zero-order valence-electron chi connectivity index (χ0n) is 15.3. The summed E-state index contributed by atoms with van der Waals surface area (Å²) < 4.78 is 5.10. The van der Waals surface area contributed by atoms with Crippen LogP contribution in [0.25, 0.3) is 0 Å². The molecule has 6 heteroatoms. The Morgan fingerprint density at radius 1 is 1.32 bits per heavy atom. The second-order valence-electron chi connectivity index (χ2n) is 6.01. The van der Waals surface area contributed by atoms with Crippen LogP contribution in [0.3, 0.4) is 0 Å². The molecule has 0 fully saturated rings. The number of hydrogen-bond acceptors (Lipinski definition) is 4. The van der Waals surface area contributed by atoms with Crippen molar-refractivity contribution in [2.75, 3.05) is 20.7 Å². The molecule has 2 aromatic rings. The van der Waals surface area contributed by atoms with Gasteiger partial charge in [-0.25, -0.2) is 0 Å². The fraction of sp³-hybridized carbons (Fsp3) is 0.421. The van der Waals surface area contributed by atoms with Crippen molar-refractivity contribution in [3.05, 3.63) is 45.6 Å². The summed E-state index contributed by atoms with van der Waals surface area (Å²) >= 11 is 1.83. The highest BCUT2D eigenvalue weighted by atomic mass is 32.1. The standard InChI is InChI=1S/C19H27N3O2S/c1-13(11-17-8-5-14(2)25-17)22-19(20-3)21-10-9-15-6-7-16(24-4)12-18(15)23/h5-8,12-13,23H,9-11H2,1-4H3,(H2,20,21,22). The van der Waals surface area contributed by atoms with Crippen LogP contribution in [0.1, 0.15) is 22.2 Å². The van der Waals surface area contributed by atoms with E-state index in [-0.39, 0.29) is 5.75 Å². The molecule has 1 atom stereocenters. The fourth-order valence-electron chi connectivity index (χ4n) is 2.57. The first kappa shape index (κ1) is 19.1. The first-order valence-electron chi connectivity index (χ1n) is 8.40. The van der Waals surface area contributed by atoms with Gasteiger partial charge in [0, 0.05) is 41.9 Å². The Labute approximate surface area is 153 Å². The Morgan fingerprint density at radius 2 is 2.12 bits per heavy atom. The molecule has 1 unspecified atom stereocenters. The van der Waals surface area contributed by atoms with Crippen LogP contribution in [-0.4, -0.2) is 37.8 Å². The van der Waals surface area contributed by atoms with E-state index >= 15 is 0 Å². The lowest BCUT2D eigenvalue weighted by Gasteiger charge is -2.17. The van der Waals surface area contributed by atoms with E-state index in [4.69, 9.17) is 4.74 Å². The maximum absolute atomic E-state index is 10.0. The van der Waals surface area contributed by atoms with Crippen LogP contribution in [0.15, 0.2) is 35.3 Å². The third-order valence-electron chi connectivity index (χ3n) is 3.89. The molecule has 1 aromatic heterocycles. The number of benzene rings is 1. The Morgan fingerprint density at radius 3 is 2.72 bits per heavy atom. The normalized spacial score (nSPS) is 12.7. The molecule has 25 heavy (non-hydrogen) atoms. The number of nitrogens with zero attached hydrogens (tertiary/aromatic N) is 1. The van der Waals surface area contributed by atoms with E-state index in [9.17, 15) is 5.11 Å². The molecule has 0 radical (unpaired) electrons. The minimum Gasteiger partial charge on any atom is -0.508 e. The third kappa shape index (κ3) is 5.98. The van der Waals surface area contributed by atoms with Crippen LogP contribution in [0.4, 0.5) is 0 Å². The summed E-state index contributed by atoms with van der Waals surface area (Å²) in [5.41, 5.74) is 0.880. The minimum absolute atomic E-state index is 0.255. The monoisotopic (exact) mass is 361 g/mol. The van der Waals surface area contributed by atoms with Crippen molar-refractivity contribution in [1.29, 1.82) is 0 Å². The quantitative estimate of drug-likeness (QED) is 0.524. The maximum Gasteiger partial charge on any atom is 0.191 e. The Bertz CT molecular complexity index is 712. The molecular formula is C19H27N3O2S. The van der Waals surface area contributed by atoms with E-state index in [1.165, 1.54) is 9.75 Å². The van der Waals surface area contributed by atoms with Crippen LogP contribution in [0.2, 0.25) is 0 Å². The van der Waals surface area contributed by atoms with Gasteiger partial charge in [0.05, 0.1) is 7.11 Å². The average molecular weight is 362 g/mol.